The normalized spacial score (nSPS) is 13.6. The van der Waals surface area contributed by atoms with Gasteiger partial charge in [0.25, 0.3) is 0 Å². The van der Waals surface area contributed by atoms with Crippen molar-refractivity contribution in [2.45, 2.75) is 19.1 Å². The second-order valence-corrected chi connectivity index (χ2v) is 4.84. The standard InChI is InChI=1S/C16H18N2O2/c1-16(17,13-8-3-2-4-9-13)15(20)18-14-10-6-5-7-12(14)11-19/h2-10,19H,11,17H2,1H3,(H,18,20). The van der Waals surface area contributed by atoms with E-state index >= 15 is 0 Å². The number of nitrogens with two attached hydrogens (primary N) is 1. The van der Waals surface area contributed by atoms with Crippen LogP contribution in [0.5, 0.6) is 0 Å². The fourth-order valence-electron chi connectivity index (χ4n) is 1.95. The van der Waals surface area contributed by atoms with Gasteiger partial charge in [-0.05, 0) is 18.6 Å². The number of nitrogens with one attached hydrogen (secondary N) is 1. The molecule has 0 saturated carbocycles. The molecule has 0 spiro atoms. The average molecular weight is 270 g/mol. The summed E-state index contributed by atoms with van der Waals surface area (Å²) in [6, 6.07) is 16.3. The predicted molar refractivity (Wildman–Crippen MR) is 79.0 cm³/mol. The van der Waals surface area contributed by atoms with Crippen LogP contribution in [0.4, 0.5) is 5.69 Å². The number of rotatable bonds is 4. The van der Waals surface area contributed by atoms with E-state index in [0.29, 0.717) is 11.3 Å². The number of anilines is 1. The van der Waals surface area contributed by atoms with Crippen LogP contribution in [0.25, 0.3) is 0 Å². The third-order valence-corrected chi connectivity index (χ3v) is 3.28. The molecule has 1 unspecified atom stereocenters. The van der Waals surface area contributed by atoms with E-state index in [1.807, 2.05) is 30.3 Å². The van der Waals surface area contributed by atoms with E-state index in [4.69, 9.17) is 5.73 Å². The van der Waals surface area contributed by atoms with E-state index in [1.165, 1.54) is 0 Å². The number of carbonyl (C=O) groups excluding carboxylic acids is 1. The molecular formula is C16H18N2O2. The second kappa shape index (κ2) is 5.86. The second-order valence-electron chi connectivity index (χ2n) is 4.84. The molecule has 4 N–H and O–H groups in total. The van der Waals surface area contributed by atoms with Crippen molar-refractivity contribution in [3.8, 4) is 0 Å². The Labute approximate surface area is 118 Å². The van der Waals surface area contributed by atoms with E-state index in [1.54, 1.807) is 31.2 Å². The number of aliphatic hydroxyl groups excluding tert-OH is 1. The van der Waals surface area contributed by atoms with Crippen molar-refractivity contribution in [3.63, 3.8) is 0 Å². The maximum atomic E-state index is 12.4. The topological polar surface area (TPSA) is 75.4 Å². The minimum absolute atomic E-state index is 0.136. The summed E-state index contributed by atoms with van der Waals surface area (Å²) in [5.74, 6) is -0.315. The van der Waals surface area contributed by atoms with Gasteiger partial charge >= 0.3 is 0 Å². The molecule has 20 heavy (non-hydrogen) atoms. The minimum atomic E-state index is -1.14. The van der Waals surface area contributed by atoms with Crippen LogP contribution in [0.15, 0.2) is 54.6 Å². The van der Waals surface area contributed by atoms with E-state index < -0.39 is 5.54 Å². The molecule has 2 aromatic carbocycles. The van der Waals surface area contributed by atoms with Crippen LogP contribution in [0.3, 0.4) is 0 Å². The van der Waals surface area contributed by atoms with Crippen molar-refractivity contribution in [1.29, 1.82) is 0 Å². The van der Waals surface area contributed by atoms with E-state index in [2.05, 4.69) is 5.32 Å². The fourth-order valence-corrected chi connectivity index (χ4v) is 1.95. The highest BCUT2D eigenvalue weighted by Crippen LogP contribution is 2.21. The van der Waals surface area contributed by atoms with Gasteiger partial charge < -0.3 is 16.2 Å². The monoisotopic (exact) mass is 270 g/mol. The number of para-hydroxylation sites is 1. The van der Waals surface area contributed by atoms with Crippen LogP contribution in [0.2, 0.25) is 0 Å². The summed E-state index contributed by atoms with van der Waals surface area (Å²) in [6.45, 7) is 1.53. The van der Waals surface area contributed by atoms with Gasteiger partial charge in [-0.15, -0.1) is 0 Å². The summed E-state index contributed by atoms with van der Waals surface area (Å²) in [4.78, 5) is 12.4. The lowest BCUT2D eigenvalue weighted by atomic mass is 9.92. The summed E-state index contributed by atoms with van der Waals surface area (Å²) in [6.07, 6.45) is 0. The minimum Gasteiger partial charge on any atom is -0.392 e. The molecule has 0 radical (unpaired) electrons. The molecule has 0 bridgehead atoms. The first-order valence-electron chi connectivity index (χ1n) is 6.40. The molecule has 1 amide bonds. The van der Waals surface area contributed by atoms with Gasteiger partial charge in [0.05, 0.1) is 6.61 Å². The fraction of sp³-hybridized carbons (Fsp3) is 0.188. The molecule has 2 rings (SSSR count). The molecule has 0 aliphatic carbocycles. The number of benzene rings is 2. The Morgan fingerprint density at radius 1 is 1.15 bits per heavy atom. The van der Waals surface area contributed by atoms with Crippen LogP contribution in [-0.2, 0) is 16.9 Å². The summed E-state index contributed by atoms with van der Waals surface area (Å²) in [5.41, 5.74) is 6.98. The largest absolute Gasteiger partial charge is 0.392 e. The van der Waals surface area contributed by atoms with Crippen molar-refractivity contribution in [3.05, 3.63) is 65.7 Å². The first-order chi connectivity index (χ1) is 9.55. The van der Waals surface area contributed by atoms with Gasteiger partial charge in [0, 0.05) is 11.3 Å². The third kappa shape index (κ3) is 2.87. The zero-order chi connectivity index (χ0) is 14.6. The van der Waals surface area contributed by atoms with Gasteiger partial charge in [-0.2, -0.15) is 0 Å². The molecular weight excluding hydrogens is 252 g/mol. The Hall–Kier alpha value is -2.17. The van der Waals surface area contributed by atoms with Crippen molar-refractivity contribution in [1.82, 2.24) is 0 Å². The van der Waals surface area contributed by atoms with Crippen molar-refractivity contribution >= 4 is 11.6 Å². The highest BCUT2D eigenvalue weighted by molar-refractivity contribution is 5.98. The first kappa shape index (κ1) is 14.2. The summed E-state index contributed by atoms with van der Waals surface area (Å²) in [7, 11) is 0. The average Bonchev–Trinajstić information content (AvgIpc) is 2.48. The molecule has 4 nitrogen and oxygen atoms in total. The van der Waals surface area contributed by atoms with Gasteiger partial charge in [-0.3, -0.25) is 4.79 Å². The van der Waals surface area contributed by atoms with Crippen LogP contribution < -0.4 is 11.1 Å². The lowest BCUT2D eigenvalue weighted by Crippen LogP contribution is -2.45. The van der Waals surface area contributed by atoms with E-state index in [-0.39, 0.29) is 12.5 Å². The number of amides is 1. The number of aliphatic hydroxyl groups is 1. The van der Waals surface area contributed by atoms with Crippen LogP contribution in [-0.4, -0.2) is 11.0 Å². The zero-order valence-electron chi connectivity index (χ0n) is 11.3. The van der Waals surface area contributed by atoms with Gasteiger partial charge in [-0.25, -0.2) is 0 Å². The van der Waals surface area contributed by atoms with Crippen molar-refractivity contribution < 1.29 is 9.90 Å². The summed E-state index contributed by atoms with van der Waals surface area (Å²) >= 11 is 0. The smallest absolute Gasteiger partial charge is 0.248 e. The number of hydrogen-bond acceptors (Lipinski definition) is 3. The first-order valence-corrected chi connectivity index (χ1v) is 6.40. The Kier molecular flexibility index (Phi) is 4.17. The van der Waals surface area contributed by atoms with Crippen LogP contribution >= 0.6 is 0 Å². The van der Waals surface area contributed by atoms with E-state index in [9.17, 15) is 9.90 Å². The molecule has 104 valence electrons. The highest BCUT2D eigenvalue weighted by Gasteiger charge is 2.30. The molecule has 0 heterocycles. The van der Waals surface area contributed by atoms with Crippen molar-refractivity contribution in [2.24, 2.45) is 5.73 Å². The lowest BCUT2D eigenvalue weighted by Gasteiger charge is -2.24. The molecule has 1 atom stereocenters. The quantitative estimate of drug-likeness (QED) is 0.795. The summed E-state index contributed by atoms with van der Waals surface area (Å²) in [5, 5.41) is 12.0. The molecule has 0 fully saturated rings. The van der Waals surface area contributed by atoms with E-state index in [0.717, 1.165) is 5.56 Å². The molecule has 0 aliphatic rings. The Bertz CT molecular complexity index is 594. The predicted octanol–water partition coefficient (Wildman–Crippen LogP) is 1.99. The number of hydrogen-bond donors (Lipinski definition) is 3. The number of carbonyl (C=O) groups is 1. The molecule has 0 saturated heterocycles. The van der Waals surface area contributed by atoms with Gasteiger partial charge in [-0.1, -0.05) is 48.5 Å². The Morgan fingerprint density at radius 2 is 1.75 bits per heavy atom. The van der Waals surface area contributed by atoms with Crippen LogP contribution in [0, 0.1) is 0 Å². The maximum Gasteiger partial charge on any atom is 0.248 e. The SMILES string of the molecule is CC(N)(C(=O)Nc1ccccc1CO)c1ccccc1. The Balaban J connectivity index is 2.24. The maximum absolute atomic E-state index is 12.4. The Morgan fingerprint density at radius 3 is 2.40 bits per heavy atom. The molecule has 2 aromatic rings. The van der Waals surface area contributed by atoms with Crippen LogP contribution in [0.1, 0.15) is 18.1 Å². The zero-order valence-corrected chi connectivity index (χ0v) is 11.3. The third-order valence-electron chi connectivity index (χ3n) is 3.28. The van der Waals surface area contributed by atoms with Crippen molar-refractivity contribution in [2.75, 3.05) is 5.32 Å². The lowest BCUT2D eigenvalue weighted by molar-refractivity contribution is -0.120. The molecule has 4 heteroatoms. The van der Waals surface area contributed by atoms with Gasteiger partial charge in [0.1, 0.15) is 5.54 Å². The van der Waals surface area contributed by atoms with Gasteiger partial charge in [0.2, 0.25) is 5.91 Å². The highest BCUT2D eigenvalue weighted by atomic mass is 16.3. The molecule has 0 aliphatic heterocycles. The molecule has 0 aromatic heterocycles. The summed E-state index contributed by atoms with van der Waals surface area (Å²) < 4.78 is 0. The van der Waals surface area contributed by atoms with Gasteiger partial charge in [0.15, 0.2) is 0 Å².